The molecule has 15 heteroatoms. The Hall–Kier alpha value is -20.1. The molecule has 702 valence electrons. The molecule has 0 spiro atoms. The number of anilines is 9. The molecule has 0 unspecified atom stereocenters. The molecule has 0 radical (unpaired) electrons. The summed E-state index contributed by atoms with van der Waals surface area (Å²) in [6.45, 7) is 0. The molecular formula is C135H78N6O8S. The van der Waals surface area contributed by atoms with Crippen molar-refractivity contribution in [2.45, 2.75) is 0 Å². The van der Waals surface area contributed by atoms with Crippen molar-refractivity contribution in [3.63, 3.8) is 0 Å². The molecule has 0 aliphatic carbocycles. The van der Waals surface area contributed by atoms with Crippen molar-refractivity contribution in [3.8, 4) is 34.4 Å². The third kappa shape index (κ3) is 13.8. The first kappa shape index (κ1) is 84.4. The third-order valence-electron chi connectivity index (χ3n) is 29.6. The van der Waals surface area contributed by atoms with E-state index in [1.165, 1.54) is 20.2 Å². The summed E-state index contributed by atoms with van der Waals surface area (Å²) < 4.78 is 53.7. The van der Waals surface area contributed by atoms with Gasteiger partial charge < -0.3 is 50.0 Å². The Morgan fingerprint density at radius 2 is 0.440 bits per heavy atom. The van der Waals surface area contributed by atoms with Gasteiger partial charge in [-0.25, -0.2) is 15.0 Å². The van der Waals surface area contributed by atoms with Crippen LogP contribution in [0.5, 0.6) is 0 Å². The Balaban J connectivity index is 0.000000101. The largest absolute Gasteiger partial charge is 0.456 e. The first-order valence-electron chi connectivity index (χ1n) is 50.1. The Morgan fingerprint density at radius 1 is 0.160 bits per heavy atom. The second-order valence-corrected chi connectivity index (χ2v) is 39.3. The van der Waals surface area contributed by atoms with Gasteiger partial charge in [-0.1, -0.05) is 249 Å². The number of thiophene rings is 1. The number of fused-ring (bicyclic) bond motifs is 33. The zero-order chi connectivity index (χ0) is 98.3. The standard InChI is InChI=1S/2C45H26N2O3.C45H26N2O2S/c1-2-9-29(10-3-1)45-46-36-23-20-28-18-17-27-19-21-30(25-34(27)42(28)44(36)50-45)47(31-22-24-40-35(26-31)32-11-4-6-14-38(32)48-40)37-13-8-16-41-43(37)33-12-5-7-15-39(33)49-41;1-2-8-29(9-3-1)45-46-38-22-17-28-15-14-27-16-18-30(24-36(27)43(28)44(38)50-45)47(31-20-23-41-37(25-31)34-11-5-7-13-40(34)48-41)32-19-21-35-33-10-4-6-12-39(33)49-42(35)26-32;1-2-8-29(9-3-1)45-46-38-22-17-28-15-14-27-16-18-30(24-36(27)43(28)44(38)49-45)47(31-20-23-40-37(25-31)33-10-4-6-12-39(33)48-40)32-19-21-35-34-11-5-7-13-41(34)50-42(35)26-32/h3*1-26H. The van der Waals surface area contributed by atoms with Gasteiger partial charge in [0.25, 0.3) is 0 Å². The van der Waals surface area contributed by atoms with Crippen LogP contribution in [-0.2, 0) is 0 Å². The van der Waals surface area contributed by atoms with E-state index >= 15 is 0 Å². The summed E-state index contributed by atoms with van der Waals surface area (Å²) in [5, 5.41) is 26.5. The van der Waals surface area contributed by atoms with Crippen LogP contribution < -0.4 is 14.7 Å². The average molecular weight is 1940 g/mol. The molecule has 14 nitrogen and oxygen atoms in total. The molecule has 0 bridgehead atoms. The van der Waals surface area contributed by atoms with Crippen LogP contribution in [0.3, 0.4) is 0 Å². The predicted molar refractivity (Wildman–Crippen MR) is 617 cm³/mol. The van der Waals surface area contributed by atoms with Gasteiger partial charge in [-0.3, -0.25) is 0 Å². The van der Waals surface area contributed by atoms with E-state index in [1.807, 2.05) is 181 Å². The Bertz CT molecular complexity index is 10900. The summed E-state index contributed by atoms with van der Waals surface area (Å²) in [5.41, 5.74) is 25.6. The minimum absolute atomic E-state index is 0.613. The smallest absolute Gasteiger partial charge is 0.227 e. The van der Waals surface area contributed by atoms with E-state index < -0.39 is 0 Å². The average Bonchev–Trinajstić information content (AvgIpc) is 1.49. The minimum Gasteiger partial charge on any atom is -0.456 e. The summed E-state index contributed by atoms with van der Waals surface area (Å²) in [6, 6.07) is 165. The second kappa shape index (κ2) is 33.7. The fourth-order valence-electron chi connectivity index (χ4n) is 22.6. The van der Waals surface area contributed by atoms with E-state index in [9.17, 15) is 0 Å². The number of rotatable bonds is 12. The normalized spacial score (nSPS) is 12.0. The lowest BCUT2D eigenvalue weighted by Crippen LogP contribution is -2.10. The molecule has 0 saturated heterocycles. The van der Waals surface area contributed by atoms with Crippen LogP contribution in [-0.4, -0.2) is 15.0 Å². The molecule has 9 heterocycles. The summed E-state index contributed by atoms with van der Waals surface area (Å²) >= 11 is 1.83. The molecule has 0 aliphatic heterocycles. The monoisotopic (exact) mass is 1940 g/mol. The van der Waals surface area contributed by atoms with Crippen molar-refractivity contribution >= 4 is 290 Å². The molecular weight excluding hydrogens is 1870 g/mol. The van der Waals surface area contributed by atoms with Crippen LogP contribution in [0.2, 0.25) is 0 Å². The lowest BCUT2D eigenvalue weighted by atomic mass is 9.99. The number of hydrogen-bond donors (Lipinski definition) is 0. The molecule has 9 aromatic heterocycles. The molecule has 150 heavy (non-hydrogen) atoms. The first-order chi connectivity index (χ1) is 74.3. The van der Waals surface area contributed by atoms with E-state index in [2.05, 4.69) is 318 Å². The van der Waals surface area contributed by atoms with Crippen LogP contribution >= 0.6 is 11.3 Å². The summed E-state index contributed by atoms with van der Waals surface area (Å²) in [4.78, 5) is 21.7. The Morgan fingerprint density at radius 3 is 0.873 bits per heavy atom. The highest BCUT2D eigenvalue weighted by Gasteiger charge is 2.28. The van der Waals surface area contributed by atoms with Gasteiger partial charge in [-0.05, 0) is 267 Å². The van der Waals surface area contributed by atoms with Gasteiger partial charge in [0.05, 0.1) is 11.1 Å². The molecule has 24 aromatic carbocycles. The zero-order valence-electron chi connectivity index (χ0n) is 79.9. The second-order valence-electron chi connectivity index (χ2n) is 38.3. The molecule has 0 N–H and O–H groups in total. The highest BCUT2D eigenvalue weighted by atomic mass is 32.1. The number of hydrogen-bond acceptors (Lipinski definition) is 15. The van der Waals surface area contributed by atoms with Gasteiger partial charge in [0, 0.05) is 153 Å². The number of furan rings is 5. The van der Waals surface area contributed by atoms with Gasteiger partial charge in [0.1, 0.15) is 72.4 Å². The predicted octanol–water partition coefficient (Wildman–Crippen LogP) is 39.7. The van der Waals surface area contributed by atoms with Crippen molar-refractivity contribution in [3.05, 3.63) is 473 Å². The summed E-state index contributed by atoms with van der Waals surface area (Å²) in [6.07, 6.45) is 0. The molecule has 0 atom stereocenters. The van der Waals surface area contributed by atoms with Crippen molar-refractivity contribution in [2.24, 2.45) is 0 Å². The maximum absolute atomic E-state index is 6.57. The fraction of sp³-hybridized carbons (Fsp3) is 0. The van der Waals surface area contributed by atoms with E-state index in [4.69, 9.17) is 50.3 Å². The van der Waals surface area contributed by atoms with E-state index in [1.54, 1.807) is 0 Å². The molecule has 0 aliphatic rings. The van der Waals surface area contributed by atoms with Crippen LogP contribution in [0.15, 0.2) is 509 Å². The topological polar surface area (TPSA) is 154 Å². The summed E-state index contributed by atoms with van der Waals surface area (Å²) in [7, 11) is 0. The highest BCUT2D eigenvalue weighted by molar-refractivity contribution is 7.25. The zero-order valence-corrected chi connectivity index (χ0v) is 80.7. The summed E-state index contributed by atoms with van der Waals surface area (Å²) in [5.74, 6) is 1.85. The lowest BCUT2D eigenvalue weighted by Gasteiger charge is -2.27. The van der Waals surface area contributed by atoms with E-state index in [0.717, 1.165) is 276 Å². The van der Waals surface area contributed by atoms with Crippen LogP contribution in [0.1, 0.15) is 0 Å². The van der Waals surface area contributed by atoms with Gasteiger partial charge in [-0.15, -0.1) is 11.3 Å². The van der Waals surface area contributed by atoms with E-state index in [0.29, 0.717) is 17.7 Å². The fourth-order valence-corrected chi connectivity index (χ4v) is 23.7. The van der Waals surface area contributed by atoms with Gasteiger partial charge >= 0.3 is 0 Å². The van der Waals surface area contributed by atoms with Crippen molar-refractivity contribution in [1.82, 2.24) is 15.0 Å². The number of nitrogens with zero attached hydrogens (tertiary/aromatic N) is 6. The van der Waals surface area contributed by atoms with E-state index in [-0.39, 0.29) is 0 Å². The minimum atomic E-state index is 0.613. The maximum Gasteiger partial charge on any atom is 0.227 e. The van der Waals surface area contributed by atoms with Gasteiger partial charge in [-0.2, -0.15) is 0 Å². The number of para-hydroxylation sites is 5. The van der Waals surface area contributed by atoms with Gasteiger partial charge in [0.2, 0.25) is 17.7 Å². The Labute approximate surface area is 856 Å². The Kier molecular flexibility index (Phi) is 19.0. The quantitative estimate of drug-likeness (QED) is 0.107. The van der Waals surface area contributed by atoms with Crippen molar-refractivity contribution < 1.29 is 35.3 Å². The first-order valence-corrected chi connectivity index (χ1v) is 50.9. The van der Waals surface area contributed by atoms with Crippen LogP contribution in [0.25, 0.3) is 262 Å². The van der Waals surface area contributed by atoms with Crippen molar-refractivity contribution in [1.29, 1.82) is 0 Å². The highest BCUT2D eigenvalue weighted by Crippen LogP contribution is 2.52. The third-order valence-corrected chi connectivity index (χ3v) is 30.7. The molecule has 33 rings (SSSR count). The van der Waals surface area contributed by atoms with Crippen LogP contribution in [0.4, 0.5) is 51.2 Å². The molecule has 0 amide bonds. The maximum atomic E-state index is 6.57. The number of oxazole rings is 3. The molecule has 33 aromatic rings. The van der Waals surface area contributed by atoms with Crippen molar-refractivity contribution in [2.75, 3.05) is 14.7 Å². The SMILES string of the molecule is c1ccc(-c2nc3ccc4ccc5ccc(N(c6ccc7c(c6)oc6ccccc67)c6ccc7oc8ccccc8c7c6)cc5c4c3o2)cc1.c1ccc(-c2nc3ccc4ccc5ccc(N(c6ccc7c(c6)sc6ccccc67)c6ccc7oc8ccccc8c7c6)cc5c4c3o2)cc1.c1ccc(-c2nc3ccc4ccc5ccc(N(c6ccc7oc8ccccc8c7c6)c6cccc7oc8ccccc8c67)cc5c4c3o2)cc1. The van der Waals surface area contributed by atoms with Crippen LogP contribution in [0, 0.1) is 0 Å². The number of aromatic nitrogens is 3. The molecule has 0 saturated carbocycles. The lowest BCUT2D eigenvalue weighted by molar-refractivity contribution is 0.623. The molecule has 0 fully saturated rings. The number of benzene rings is 24. The van der Waals surface area contributed by atoms with Gasteiger partial charge in [0.15, 0.2) is 16.7 Å².